The summed E-state index contributed by atoms with van der Waals surface area (Å²) in [6.07, 6.45) is 0. The minimum Gasteiger partial charge on any atom is -0.351 e. The zero-order chi connectivity index (χ0) is 14.9. The first-order chi connectivity index (χ1) is 9.32. The Balaban J connectivity index is 2.54. The average Bonchev–Trinajstić information content (AvgIpc) is 2.37. The first-order valence-corrected chi connectivity index (χ1v) is 7.09. The van der Waals surface area contributed by atoms with E-state index in [9.17, 15) is 5.26 Å². The number of halogens is 1. The van der Waals surface area contributed by atoms with Crippen molar-refractivity contribution in [3.8, 4) is 6.07 Å². The molecule has 2 rings (SSSR count). The van der Waals surface area contributed by atoms with Gasteiger partial charge in [-0.05, 0) is 29.9 Å². The van der Waals surface area contributed by atoms with Crippen LogP contribution in [0.2, 0.25) is 5.02 Å². The minimum absolute atomic E-state index is 0.179. The van der Waals surface area contributed by atoms with E-state index < -0.39 is 0 Å². The van der Waals surface area contributed by atoms with Crippen LogP contribution in [0.3, 0.4) is 0 Å². The molecule has 2 N–H and O–H groups in total. The summed E-state index contributed by atoms with van der Waals surface area (Å²) in [7, 11) is 0. The Morgan fingerprint density at radius 3 is 2.35 bits per heavy atom. The number of allylic oxidation sites excluding steroid dienone is 1. The second-order valence-electron chi connectivity index (χ2n) is 5.73. The van der Waals surface area contributed by atoms with Crippen molar-refractivity contribution >= 4 is 28.9 Å². The van der Waals surface area contributed by atoms with Crippen molar-refractivity contribution in [2.75, 3.05) is 0 Å². The molecule has 0 saturated heterocycles. The molecule has 0 radical (unpaired) electrons. The smallest absolute Gasteiger partial charge is 0.171 e. The number of thiocarbonyl (C=S) groups is 1. The summed E-state index contributed by atoms with van der Waals surface area (Å²) in [4.78, 5) is 0. The van der Waals surface area contributed by atoms with Crippen molar-refractivity contribution < 1.29 is 0 Å². The number of nitriles is 1. The maximum atomic E-state index is 9.54. The van der Waals surface area contributed by atoms with Crippen LogP contribution in [-0.2, 0) is 0 Å². The lowest BCUT2D eigenvalue weighted by Gasteiger charge is -2.34. The molecule has 0 aromatic heterocycles. The van der Waals surface area contributed by atoms with Gasteiger partial charge in [0.2, 0.25) is 0 Å². The summed E-state index contributed by atoms with van der Waals surface area (Å²) < 4.78 is 0. The Bertz CT molecular complexity index is 605. The Morgan fingerprint density at radius 1 is 1.25 bits per heavy atom. The fraction of sp³-hybridized carbons (Fsp3) is 0.333. The number of nitrogens with one attached hydrogen (secondary N) is 2. The van der Waals surface area contributed by atoms with E-state index in [1.54, 1.807) is 0 Å². The van der Waals surface area contributed by atoms with Gasteiger partial charge in [0.25, 0.3) is 0 Å². The van der Waals surface area contributed by atoms with Crippen LogP contribution in [0.1, 0.15) is 32.4 Å². The quantitative estimate of drug-likeness (QED) is 0.777. The molecule has 1 aliphatic rings. The van der Waals surface area contributed by atoms with E-state index in [2.05, 4.69) is 37.5 Å². The molecular formula is C15H16ClN3S. The molecule has 0 spiro atoms. The number of benzene rings is 1. The number of nitrogens with zero attached hydrogens (tertiary/aromatic N) is 1. The normalized spacial score (nSPS) is 19.1. The Kier molecular flexibility index (Phi) is 4.03. The average molecular weight is 306 g/mol. The lowest BCUT2D eigenvalue weighted by Crippen LogP contribution is -2.46. The molecule has 1 aliphatic heterocycles. The third kappa shape index (κ3) is 2.95. The summed E-state index contributed by atoms with van der Waals surface area (Å²) in [5.41, 5.74) is 2.32. The molecule has 0 bridgehead atoms. The van der Waals surface area contributed by atoms with Gasteiger partial charge in [-0.3, -0.25) is 0 Å². The van der Waals surface area contributed by atoms with Crippen LogP contribution in [0, 0.1) is 16.7 Å². The third-order valence-corrected chi connectivity index (χ3v) is 3.62. The van der Waals surface area contributed by atoms with E-state index in [0.29, 0.717) is 15.7 Å². The Labute approximate surface area is 129 Å². The Hall–Kier alpha value is -1.57. The second-order valence-corrected chi connectivity index (χ2v) is 6.58. The molecule has 0 saturated carbocycles. The highest BCUT2D eigenvalue weighted by Gasteiger charge is 2.32. The summed E-state index contributed by atoms with van der Waals surface area (Å²) in [5, 5.41) is 17.0. The SMILES string of the molecule is CC(C)(C)C1=C(C#N)[C@H](c2ccc(Cl)cc2)NC(=S)N1. The monoisotopic (exact) mass is 305 g/mol. The number of rotatable bonds is 1. The van der Waals surface area contributed by atoms with Crippen LogP contribution >= 0.6 is 23.8 Å². The summed E-state index contributed by atoms with van der Waals surface area (Å²) >= 11 is 11.2. The first-order valence-electron chi connectivity index (χ1n) is 6.30. The van der Waals surface area contributed by atoms with Gasteiger partial charge < -0.3 is 10.6 Å². The molecule has 3 nitrogen and oxygen atoms in total. The second kappa shape index (κ2) is 5.43. The van der Waals surface area contributed by atoms with E-state index >= 15 is 0 Å². The molecular weight excluding hydrogens is 290 g/mol. The fourth-order valence-electron chi connectivity index (χ4n) is 2.18. The van der Waals surface area contributed by atoms with Crippen LogP contribution in [0.4, 0.5) is 0 Å². The zero-order valence-corrected chi connectivity index (χ0v) is 13.2. The Morgan fingerprint density at radius 2 is 1.85 bits per heavy atom. The van der Waals surface area contributed by atoms with E-state index in [4.69, 9.17) is 23.8 Å². The predicted octanol–water partition coefficient (Wildman–Crippen LogP) is 3.68. The van der Waals surface area contributed by atoms with Gasteiger partial charge in [-0.25, -0.2) is 0 Å². The maximum Gasteiger partial charge on any atom is 0.171 e. The molecule has 1 aromatic rings. The van der Waals surface area contributed by atoms with Crippen LogP contribution in [-0.4, -0.2) is 5.11 Å². The van der Waals surface area contributed by atoms with E-state index in [0.717, 1.165) is 11.3 Å². The molecule has 1 atom stereocenters. The van der Waals surface area contributed by atoms with Gasteiger partial charge in [0, 0.05) is 16.1 Å². The zero-order valence-electron chi connectivity index (χ0n) is 11.6. The molecule has 20 heavy (non-hydrogen) atoms. The molecule has 5 heteroatoms. The summed E-state index contributed by atoms with van der Waals surface area (Å²) in [6, 6.07) is 9.52. The lowest BCUT2D eigenvalue weighted by molar-refractivity contribution is 0.462. The summed E-state index contributed by atoms with van der Waals surface area (Å²) in [5.74, 6) is 0. The van der Waals surface area contributed by atoms with Gasteiger partial charge in [0.15, 0.2) is 5.11 Å². The molecule has 0 unspecified atom stereocenters. The van der Waals surface area contributed by atoms with Crippen molar-refractivity contribution in [3.05, 3.63) is 46.1 Å². The van der Waals surface area contributed by atoms with Crippen molar-refractivity contribution in [1.82, 2.24) is 10.6 Å². The number of hydrogen-bond acceptors (Lipinski definition) is 2. The highest BCUT2D eigenvalue weighted by molar-refractivity contribution is 7.80. The van der Waals surface area contributed by atoms with Crippen molar-refractivity contribution in [1.29, 1.82) is 5.26 Å². The highest BCUT2D eigenvalue weighted by atomic mass is 35.5. The fourth-order valence-corrected chi connectivity index (χ4v) is 2.53. The number of hydrogen-bond donors (Lipinski definition) is 2. The van der Waals surface area contributed by atoms with E-state index in [-0.39, 0.29) is 11.5 Å². The van der Waals surface area contributed by atoms with Gasteiger partial charge >= 0.3 is 0 Å². The summed E-state index contributed by atoms with van der Waals surface area (Å²) in [6.45, 7) is 6.17. The van der Waals surface area contributed by atoms with Gasteiger partial charge in [-0.15, -0.1) is 0 Å². The molecule has 104 valence electrons. The third-order valence-electron chi connectivity index (χ3n) is 3.15. The first kappa shape index (κ1) is 14.8. The van der Waals surface area contributed by atoms with Crippen LogP contribution in [0.5, 0.6) is 0 Å². The van der Waals surface area contributed by atoms with E-state index in [1.165, 1.54) is 0 Å². The van der Waals surface area contributed by atoms with Gasteiger partial charge in [-0.2, -0.15) is 5.26 Å². The molecule has 0 amide bonds. The van der Waals surface area contributed by atoms with Crippen molar-refractivity contribution in [2.24, 2.45) is 5.41 Å². The molecule has 1 heterocycles. The topological polar surface area (TPSA) is 47.9 Å². The van der Waals surface area contributed by atoms with Gasteiger partial charge in [-0.1, -0.05) is 44.5 Å². The van der Waals surface area contributed by atoms with Crippen LogP contribution in [0.25, 0.3) is 0 Å². The maximum absolute atomic E-state index is 9.54. The van der Waals surface area contributed by atoms with Gasteiger partial charge in [0.1, 0.15) is 0 Å². The lowest BCUT2D eigenvalue weighted by atomic mass is 9.84. The predicted molar refractivity (Wildman–Crippen MR) is 85.2 cm³/mol. The van der Waals surface area contributed by atoms with Gasteiger partial charge in [0.05, 0.1) is 17.7 Å². The van der Waals surface area contributed by atoms with Crippen molar-refractivity contribution in [3.63, 3.8) is 0 Å². The van der Waals surface area contributed by atoms with E-state index in [1.807, 2.05) is 24.3 Å². The molecule has 0 aliphatic carbocycles. The van der Waals surface area contributed by atoms with Crippen molar-refractivity contribution in [2.45, 2.75) is 26.8 Å². The van der Waals surface area contributed by atoms with Crippen LogP contribution < -0.4 is 10.6 Å². The van der Waals surface area contributed by atoms with Crippen LogP contribution in [0.15, 0.2) is 35.5 Å². The molecule has 0 fully saturated rings. The minimum atomic E-state index is -0.236. The standard InChI is InChI=1S/C15H16ClN3S/c1-15(2,3)13-11(8-17)12(18-14(20)19-13)9-4-6-10(16)7-5-9/h4-7,12H,1-3H3,(H2,18,19,20)/t12-/m0/s1. The highest BCUT2D eigenvalue weighted by Crippen LogP contribution is 2.34. The molecule has 1 aromatic carbocycles. The largest absolute Gasteiger partial charge is 0.351 e.